The van der Waals surface area contributed by atoms with Crippen molar-refractivity contribution in [1.82, 2.24) is 15.0 Å². The number of benzene rings is 7. The smallest absolute Gasteiger partial charge is 0.164 e. The van der Waals surface area contributed by atoms with Gasteiger partial charge in [0.25, 0.3) is 0 Å². The number of fused-ring (bicyclic) bond motifs is 3. The molecule has 45 heavy (non-hydrogen) atoms. The van der Waals surface area contributed by atoms with Crippen LogP contribution in [0, 0.1) is 0 Å². The van der Waals surface area contributed by atoms with Gasteiger partial charge in [0.15, 0.2) is 17.5 Å². The molecular formula is C41H25N3O. The van der Waals surface area contributed by atoms with Gasteiger partial charge in [-0.05, 0) is 63.2 Å². The quantitative estimate of drug-likeness (QED) is 0.209. The van der Waals surface area contributed by atoms with E-state index in [1.54, 1.807) is 0 Å². The molecule has 8 aromatic rings. The second-order valence-electron chi connectivity index (χ2n) is 11.2. The molecule has 0 aliphatic carbocycles. The summed E-state index contributed by atoms with van der Waals surface area (Å²) in [6, 6.07) is 52.2. The van der Waals surface area contributed by atoms with Crippen LogP contribution in [0.15, 0.2) is 152 Å². The van der Waals surface area contributed by atoms with Crippen LogP contribution in [0.5, 0.6) is 11.5 Å². The second kappa shape index (κ2) is 10.2. The molecule has 4 nitrogen and oxygen atoms in total. The Kier molecular flexibility index (Phi) is 5.78. The van der Waals surface area contributed by atoms with E-state index in [4.69, 9.17) is 19.7 Å². The topological polar surface area (TPSA) is 47.9 Å². The minimum Gasteiger partial charge on any atom is -0.456 e. The van der Waals surface area contributed by atoms with Gasteiger partial charge in [0.1, 0.15) is 11.5 Å². The van der Waals surface area contributed by atoms with Crippen molar-refractivity contribution in [2.45, 2.75) is 0 Å². The van der Waals surface area contributed by atoms with E-state index in [0.717, 1.165) is 60.9 Å². The van der Waals surface area contributed by atoms with Crippen LogP contribution in [-0.4, -0.2) is 15.0 Å². The molecule has 7 aromatic carbocycles. The van der Waals surface area contributed by atoms with Gasteiger partial charge in [0.05, 0.1) is 0 Å². The summed E-state index contributed by atoms with van der Waals surface area (Å²) in [6.45, 7) is 0. The summed E-state index contributed by atoms with van der Waals surface area (Å²) in [7, 11) is 0. The van der Waals surface area contributed by atoms with Crippen LogP contribution >= 0.6 is 0 Å². The Morgan fingerprint density at radius 2 is 0.978 bits per heavy atom. The summed E-state index contributed by atoms with van der Waals surface area (Å²) in [5, 5.41) is 4.52. The third-order valence-electron chi connectivity index (χ3n) is 8.53. The Bertz CT molecular complexity index is 2400. The van der Waals surface area contributed by atoms with Crippen molar-refractivity contribution in [3.05, 3.63) is 152 Å². The van der Waals surface area contributed by atoms with E-state index in [0.29, 0.717) is 17.5 Å². The maximum atomic E-state index is 6.37. The van der Waals surface area contributed by atoms with Gasteiger partial charge in [0, 0.05) is 27.6 Å². The first-order valence-corrected chi connectivity index (χ1v) is 15.0. The highest BCUT2D eigenvalue weighted by atomic mass is 16.5. The molecule has 210 valence electrons. The molecule has 1 aliphatic rings. The minimum absolute atomic E-state index is 0.615. The summed E-state index contributed by atoms with van der Waals surface area (Å²) in [5.41, 5.74) is 7.33. The first-order chi connectivity index (χ1) is 22.3. The molecule has 0 bridgehead atoms. The Hall–Kier alpha value is -6.13. The van der Waals surface area contributed by atoms with Gasteiger partial charge in [-0.15, -0.1) is 0 Å². The van der Waals surface area contributed by atoms with E-state index >= 15 is 0 Å². The van der Waals surface area contributed by atoms with Crippen molar-refractivity contribution < 1.29 is 4.74 Å². The fourth-order valence-electron chi connectivity index (χ4n) is 6.41. The fourth-order valence-corrected chi connectivity index (χ4v) is 6.41. The van der Waals surface area contributed by atoms with E-state index < -0.39 is 0 Å². The van der Waals surface area contributed by atoms with Gasteiger partial charge >= 0.3 is 0 Å². The molecule has 0 radical (unpaired) electrons. The van der Waals surface area contributed by atoms with E-state index in [-0.39, 0.29) is 0 Å². The summed E-state index contributed by atoms with van der Waals surface area (Å²) < 4.78 is 6.37. The lowest BCUT2D eigenvalue weighted by Crippen LogP contribution is -2.02. The number of aromatic nitrogens is 3. The van der Waals surface area contributed by atoms with E-state index in [1.165, 1.54) is 11.1 Å². The first-order valence-electron chi connectivity index (χ1n) is 15.0. The normalized spacial score (nSPS) is 11.7. The highest BCUT2D eigenvalue weighted by Crippen LogP contribution is 2.47. The first kappa shape index (κ1) is 25.4. The maximum absolute atomic E-state index is 6.37. The second-order valence-corrected chi connectivity index (χ2v) is 11.2. The lowest BCUT2D eigenvalue weighted by Gasteiger charge is -2.21. The zero-order chi connectivity index (χ0) is 29.7. The van der Waals surface area contributed by atoms with Crippen molar-refractivity contribution in [1.29, 1.82) is 0 Å². The average molecular weight is 576 g/mol. The highest BCUT2D eigenvalue weighted by Gasteiger charge is 2.22. The van der Waals surface area contributed by atoms with Gasteiger partial charge in [-0.25, -0.2) is 15.0 Å². The standard InChI is InChI=1S/C41H25N3O/c1-3-11-26(12-4-1)30-22-23-34(32-18-8-7-17-31(30)32)41-43-39(28-13-5-2-6-14-28)42-40(44-41)29-21-24-36-35(25-29)33-19-9-15-27-16-10-20-37(45-36)38(27)33/h1-25H. The number of rotatable bonds is 4. The average Bonchev–Trinajstić information content (AvgIpc) is 3.12. The van der Waals surface area contributed by atoms with Crippen molar-refractivity contribution >= 4 is 21.5 Å². The van der Waals surface area contributed by atoms with E-state index in [1.807, 2.05) is 60.7 Å². The lowest BCUT2D eigenvalue weighted by molar-refractivity contribution is 0.487. The van der Waals surface area contributed by atoms with E-state index in [2.05, 4.69) is 91.0 Å². The van der Waals surface area contributed by atoms with Gasteiger partial charge in [-0.1, -0.05) is 121 Å². The molecule has 0 saturated carbocycles. The van der Waals surface area contributed by atoms with Crippen molar-refractivity contribution in [3.63, 3.8) is 0 Å². The zero-order valence-electron chi connectivity index (χ0n) is 24.2. The van der Waals surface area contributed by atoms with Crippen LogP contribution in [0.1, 0.15) is 0 Å². The van der Waals surface area contributed by atoms with Crippen LogP contribution in [0.3, 0.4) is 0 Å². The summed E-state index contributed by atoms with van der Waals surface area (Å²) in [4.78, 5) is 15.2. The third kappa shape index (κ3) is 4.27. The summed E-state index contributed by atoms with van der Waals surface area (Å²) in [6.07, 6.45) is 0. The largest absolute Gasteiger partial charge is 0.456 e. The molecule has 0 fully saturated rings. The molecule has 1 aliphatic heterocycles. The van der Waals surface area contributed by atoms with Gasteiger partial charge in [-0.2, -0.15) is 0 Å². The number of hydrogen-bond donors (Lipinski definition) is 0. The van der Waals surface area contributed by atoms with Crippen molar-refractivity contribution in [2.75, 3.05) is 0 Å². The molecule has 4 heteroatoms. The Morgan fingerprint density at radius 1 is 0.356 bits per heavy atom. The predicted octanol–water partition coefficient (Wildman–Crippen LogP) is 10.6. The predicted molar refractivity (Wildman–Crippen MR) is 182 cm³/mol. The number of ether oxygens (including phenoxy) is 1. The monoisotopic (exact) mass is 575 g/mol. The molecule has 2 heterocycles. The van der Waals surface area contributed by atoms with Crippen LogP contribution in [-0.2, 0) is 0 Å². The Labute approximate surface area is 260 Å². The van der Waals surface area contributed by atoms with Gasteiger partial charge < -0.3 is 4.74 Å². The maximum Gasteiger partial charge on any atom is 0.164 e. The SMILES string of the molecule is c1ccc(-c2nc(-c3ccc4c(c3)-c3cccc5cccc(c35)O4)nc(-c3ccc(-c4ccccc4)c4ccccc34)n2)cc1. The van der Waals surface area contributed by atoms with Crippen molar-refractivity contribution in [3.8, 4) is 67.9 Å². The molecule has 1 aromatic heterocycles. The molecule has 0 amide bonds. The number of nitrogens with zero attached hydrogens (tertiary/aromatic N) is 3. The molecule has 0 N–H and O–H groups in total. The fraction of sp³-hybridized carbons (Fsp3) is 0. The highest BCUT2D eigenvalue weighted by molar-refractivity contribution is 6.05. The molecule has 0 spiro atoms. The Morgan fingerprint density at radius 3 is 1.76 bits per heavy atom. The van der Waals surface area contributed by atoms with Gasteiger partial charge in [-0.3, -0.25) is 0 Å². The third-order valence-corrected chi connectivity index (χ3v) is 8.53. The molecule has 0 atom stereocenters. The molecule has 0 unspecified atom stereocenters. The summed E-state index contributed by atoms with van der Waals surface area (Å²) in [5.74, 6) is 3.58. The lowest BCUT2D eigenvalue weighted by atomic mass is 9.93. The van der Waals surface area contributed by atoms with Crippen LogP contribution in [0.4, 0.5) is 0 Å². The number of hydrogen-bond acceptors (Lipinski definition) is 4. The zero-order valence-corrected chi connectivity index (χ0v) is 24.2. The van der Waals surface area contributed by atoms with Crippen LogP contribution < -0.4 is 4.74 Å². The van der Waals surface area contributed by atoms with Crippen LogP contribution in [0.2, 0.25) is 0 Å². The van der Waals surface area contributed by atoms with Gasteiger partial charge in [0.2, 0.25) is 0 Å². The summed E-state index contributed by atoms with van der Waals surface area (Å²) >= 11 is 0. The Balaban J connectivity index is 1.25. The van der Waals surface area contributed by atoms with Crippen molar-refractivity contribution in [2.24, 2.45) is 0 Å². The molecule has 0 saturated heterocycles. The van der Waals surface area contributed by atoms with Crippen LogP contribution in [0.25, 0.3) is 78.0 Å². The minimum atomic E-state index is 0.615. The van der Waals surface area contributed by atoms with E-state index in [9.17, 15) is 0 Å². The molecule has 9 rings (SSSR count). The molecular weight excluding hydrogens is 550 g/mol.